The molecule has 23 heavy (non-hydrogen) atoms. The van der Waals surface area contributed by atoms with Crippen LogP contribution in [0.25, 0.3) is 0 Å². The van der Waals surface area contributed by atoms with Gasteiger partial charge in [-0.1, -0.05) is 17.7 Å². The Bertz CT molecular complexity index is 685. The number of benzene rings is 2. The standard InChI is InChI=1S/C17H18F2N2O2/c1-11-4-7-14(8-5-11)21-20-12(2)13-6-9-15(23-17(18)19)16(10-13)22-3/h4-10,17,21H,1-3H3/b20-12-. The highest BCUT2D eigenvalue weighted by Gasteiger charge is 2.12. The molecule has 0 radical (unpaired) electrons. The van der Waals surface area contributed by atoms with Gasteiger partial charge in [-0.05, 0) is 44.2 Å². The summed E-state index contributed by atoms with van der Waals surface area (Å²) >= 11 is 0. The number of hydrogen-bond acceptors (Lipinski definition) is 4. The third-order valence-electron chi connectivity index (χ3n) is 3.20. The molecule has 2 aromatic rings. The molecular weight excluding hydrogens is 302 g/mol. The van der Waals surface area contributed by atoms with Crippen LogP contribution >= 0.6 is 0 Å². The van der Waals surface area contributed by atoms with Gasteiger partial charge in [-0.15, -0.1) is 0 Å². The predicted molar refractivity (Wildman–Crippen MR) is 86.6 cm³/mol. The summed E-state index contributed by atoms with van der Waals surface area (Å²) in [6.45, 7) is 0.921. The molecule has 2 aromatic carbocycles. The van der Waals surface area contributed by atoms with E-state index in [-0.39, 0.29) is 11.5 Å². The lowest BCUT2D eigenvalue weighted by Gasteiger charge is -2.11. The molecule has 1 N–H and O–H groups in total. The number of nitrogens with one attached hydrogen (secondary N) is 1. The lowest BCUT2D eigenvalue weighted by atomic mass is 10.1. The molecule has 122 valence electrons. The number of rotatable bonds is 6. The van der Waals surface area contributed by atoms with E-state index in [1.165, 1.54) is 13.2 Å². The minimum absolute atomic E-state index is 0.00876. The zero-order valence-electron chi connectivity index (χ0n) is 13.1. The first-order chi connectivity index (χ1) is 11.0. The second kappa shape index (κ2) is 7.58. The molecule has 4 nitrogen and oxygen atoms in total. The number of aryl methyl sites for hydroxylation is 1. The van der Waals surface area contributed by atoms with Crippen LogP contribution in [0.1, 0.15) is 18.1 Å². The fraction of sp³-hybridized carbons (Fsp3) is 0.235. The van der Waals surface area contributed by atoms with Crippen LogP contribution < -0.4 is 14.9 Å². The van der Waals surface area contributed by atoms with Crippen molar-refractivity contribution < 1.29 is 18.3 Å². The van der Waals surface area contributed by atoms with Gasteiger partial charge >= 0.3 is 6.61 Å². The summed E-state index contributed by atoms with van der Waals surface area (Å²) < 4.78 is 34.1. The first kappa shape index (κ1) is 16.7. The number of halogens is 2. The molecule has 0 atom stereocenters. The molecule has 0 heterocycles. The van der Waals surface area contributed by atoms with E-state index >= 15 is 0 Å². The Labute approximate surface area is 133 Å². The van der Waals surface area contributed by atoms with Gasteiger partial charge in [-0.2, -0.15) is 13.9 Å². The van der Waals surface area contributed by atoms with E-state index in [9.17, 15) is 8.78 Å². The van der Waals surface area contributed by atoms with Crippen molar-refractivity contribution in [1.29, 1.82) is 0 Å². The number of nitrogens with zero attached hydrogens (tertiary/aromatic N) is 1. The molecule has 6 heteroatoms. The van der Waals surface area contributed by atoms with E-state index in [0.717, 1.165) is 16.8 Å². The lowest BCUT2D eigenvalue weighted by Crippen LogP contribution is -2.05. The van der Waals surface area contributed by atoms with Crippen LogP contribution in [0.3, 0.4) is 0 Å². The average molecular weight is 320 g/mol. The van der Waals surface area contributed by atoms with Crippen molar-refractivity contribution in [1.82, 2.24) is 0 Å². The molecule has 0 spiro atoms. The quantitative estimate of drug-likeness (QED) is 0.632. The van der Waals surface area contributed by atoms with Gasteiger partial charge in [0, 0.05) is 5.56 Å². The van der Waals surface area contributed by atoms with Crippen LogP contribution in [0, 0.1) is 6.92 Å². The second-order valence-electron chi connectivity index (χ2n) is 4.92. The Hall–Kier alpha value is -2.63. The van der Waals surface area contributed by atoms with E-state index < -0.39 is 6.61 Å². The number of hydrogen-bond donors (Lipinski definition) is 1. The largest absolute Gasteiger partial charge is 0.493 e. The van der Waals surface area contributed by atoms with Crippen molar-refractivity contribution in [3.63, 3.8) is 0 Å². The molecule has 0 saturated heterocycles. The van der Waals surface area contributed by atoms with Crippen molar-refractivity contribution in [3.05, 3.63) is 53.6 Å². The van der Waals surface area contributed by atoms with Gasteiger partial charge in [-0.25, -0.2) is 0 Å². The molecule has 0 aliphatic rings. The Morgan fingerprint density at radius 1 is 1.09 bits per heavy atom. The molecule has 2 rings (SSSR count). The van der Waals surface area contributed by atoms with Crippen molar-refractivity contribution >= 4 is 11.4 Å². The third kappa shape index (κ3) is 4.67. The summed E-state index contributed by atoms with van der Waals surface area (Å²) in [4.78, 5) is 0. The minimum atomic E-state index is -2.90. The number of anilines is 1. The zero-order valence-corrected chi connectivity index (χ0v) is 13.1. The van der Waals surface area contributed by atoms with Gasteiger partial charge in [0.05, 0.1) is 18.5 Å². The van der Waals surface area contributed by atoms with Crippen LogP contribution in [0.5, 0.6) is 11.5 Å². The summed E-state index contributed by atoms with van der Waals surface area (Å²) in [6, 6.07) is 12.5. The number of methoxy groups -OCH3 is 1. The van der Waals surface area contributed by atoms with Gasteiger partial charge in [0.15, 0.2) is 11.5 Å². The molecule has 0 bridgehead atoms. The highest BCUT2D eigenvalue weighted by Crippen LogP contribution is 2.29. The number of hydrazone groups is 1. The average Bonchev–Trinajstić information content (AvgIpc) is 2.54. The zero-order chi connectivity index (χ0) is 16.8. The SMILES string of the molecule is COc1cc(/C(C)=N\Nc2ccc(C)cc2)ccc1OC(F)F. The maximum absolute atomic E-state index is 12.3. The van der Waals surface area contributed by atoms with E-state index in [1.807, 2.05) is 38.1 Å². The lowest BCUT2D eigenvalue weighted by molar-refractivity contribution is -0.0512. The van der Waals surface area contributed by atoms with Gasteiger partial charge in [-0.3, -0.25) is 5.43 Å². The molecule has 0 amide bonds. The second-order valence-corrected chi connectivity index (χ2v) is 4.92. The van der Waals surface area contributed by atoms with E-state index in [4.69, 9.17) is 4.74 Å². The van der Waals surface area contributed by atoms with Gasteiger partial charge in [0.2, 0.25) is 0 Å². The van der Waals surface area contributed by atoms with E-state index in [2.05, 4.69) is 15.3 Å². The molecule has 0 aliphatic carbocycles. The Kier molecular flexibility index (Phi) is 5.51. The molecule has 0 unspecified atom stereocenters. The van der Waals surface area contributed by atoms with Crippen LogP contribution in [0.15, 0.2) is 47.6 Å². The van der Waals surface area contributed by atoms with Crippen molar-refractivity contribution in [2.24, 2.45) is 5.10 Å². The smallest absolute Gasteiger partial charge is 0.387 e. The number of alkyl halides is 2. The molecule has 0 aliphatic heterocycles. The highest BCUT2D eigenvalue weighted by molar-refractivity contribution is 5.99. The fourth-order valence-corrected chi connectivity index (χ4v) is 1.93. The Morgan fingerprint density at radius 2 is 1.78 bits per heavy atom. The van der Waals surface area contributed by atoms with Crippen LogP contribution in [0.2, 0.25) is 0 Å². The summed E-state index contributed by atoms with van der Waals surface area (Å²) in [5, 5.41) is 4.28. The van der Waals surface area contributed by atoms with Crippen molar-refractivity contribution in [3.8, 4) is 11.5 Å². The molecule has 0 fully saturated rings. The fourth-order valence-electron chi connectivity index (χ4n) is 1.93. The summed E-state index contributed by atoms with van der Waals surface area (Å²) in [5.41, 5.74) is 6.40. The maximum Gasteiger partial charge on any atom is 0.387 e. The van der Waals surface area contributed by atoms with Gasteiger partial charge in [0.25, 0.3) is 0 Å². The third-order valence-corrected chi connectivity index (χ3v) is 3.20. The Morgan fingerprint density at radius 3 is 2.39 bits per heavy atom. The summed E-state index contributed by atoms with van der Waals surface area (Å²) in [5.74, 6) is 0.221. The minimum Gasteiger partial charge on any atom is -0.493 e. The van der Waals surface area contributed by atoms with E-state index in [0.29, 0.717) is 5.71 Å². The normalized spacial score (nSPS) is 11.5. The molecule has 0 aromatic heterocycles. The summed E-state index contributed by atoms with van der Waals surface area (Å²) in [6.07, 6.45) is 0. The first-order valence-electron chi connectivity index (χ1n) is 7.00. The topological polar surface area (TPSA) is 42.8 Å². The van der Waals surface area contributed by atoms with Crippen molar-refractivity contribution in [2.75, 3.05) is 12.5 Å². The van der Waals surface area contributed by atoms with Gasteiger partial charge in [0.1, 0.15) is 0 Å². The first-order valence-corrected chi connectivity index (χ1v) is 7.00. The maximum atomic E-state index is 12.3. The predicted octanol–water partition coefficient (Wildman–Crippen LogP) is 4.44. The van der Waals surface area contributed by atoms with Crippen LogP contribution in [0.4, 0.5) is 14.5 Å². The Balaban J connectivity index is 2.16. The van der Waals surface area contributed by atoms with Crippen LogP contribution in [-0.4, -0.2) is 19.4 Å². The van der Waals surface area contributed by atoms with Crippen molar-refractivity contribution in [2.45, 2.75) is 20.5 Å². The monoisotopic (exact) mass is 320 g/mol. The van der Waals surface area contributed by atoms with Crippen LogP contribution in [-0.2, 0) is 0 Å². The molecule has 0 saturated carbocycles. The highest BCUT2D eigenvalue weighted by atomic mass is 19.3. The number of ether oxygens (including phenoxy) is 2. The van der Waals surface area contributed by atoms with E-state index in [1.54, 1.807) is 12.1 Å². The summed E-state index contributed by atoms with van der Waals surface area (Å²) in [7, 11) is 1.40. The van der Waals surface area contributed by atoms with Gasteiger partial charge < -0.3 is 9.47 Å². The molecular formula is C17H18F2N2O2.